The Morgan fingerprint density at radius 2 is 1.91 bits per heavy atom. The zero-order chi connectivity index (χ0) is 23.7. The van der Waals surface area contributed by atoms with E-state index in [2.05, 4.69) is 38.4 Å². The Bertz CT molecular complexity index is 964. The highest BCUT2D eigenvalue weighted by Crippen LogP contribution is 2.33. The minimum absolute atomic E-state index is 0.192. The zero-order valence-electron chi connectivity index (χ0n) is 18.4. The summed E-state index contributed by atoms with van der Waals surface area (Å²) in [5, 5.41) is 7.37. The topological polar surface area (TPSA) is 89.0 Å². The molecule has 7 nitrogen and oxygen atoms in total. The first kappa shape index (κ1) is 25.9. The molecule has 0 aliphatic heterocycles. The molecule has 0 heterocycles. The Morgan fingerprint density at radius 1 is 1.22 bits per heavy atom. The highest BCUT2D eigenvalue weighted by atomic mass is 127. The first-order chi connectivity index (χ1) is 15.2. The van der Waals surface area contributed by atoms with Crippen molar-refractivity contribution in [1.82, 2.24) is 10.7 Å². The lowest BCUT2D eigenvalue weighted by Crippen LogP contribution is -2.46. The molecular formula is C23H27ClIN3O4. The van der Waals surface area contributed by atoms with Gasteiger partial charge in [-0.25, -0.2) is 5.43 Å². The predicted molar refractivity (Wildman–Crippen MR) is 135 cm³/mol. The highest BCUT2D eigenvalue weighted by Gasteiger charge is 2.22. The summed E-state index contributed by atoms with van der Waals surface area (Å²) in [6.45, 7) is 6.38. The number of carbonyl (C=O) groups excluding carboxylic acids is 2. The van der Waals surface area contributed by atoms with Crippen molar-refractivity contribution < 1.29 is 19.1 Å². The van der Waals surface area contributed by atoms with Crippen molar-refractivity contribution in [3.05, 3.63) is 56.1 Å². The molecule has 0 saturated carbocycles. The smallest absolute Gasteiger partial charge is 0.262 e. The SMILES string of the molecule is CCOc1c(I)cc(C=NNC(=O)C(CC(C)C)NC(=O)c2ccc(Cl)cc2)cc1OC. The third kappa shape index (κ3) is 7.67. The number of ether oxygens (including phenoxy) is 2. The first-order valence-corrected chi connectivity index (χ1v) is 11.6. The highest BCUT2D eigenvalue weighted by molar-refractivity contribution is 14.1. The van der Waals surface area contributed by atoms with Crippen LogP contribution in [-0.2, 0) is 4.79 Å². The molecule has 0 bridgehead atoms. The maximum Gasteiger partial charge on any atom is 0.262 e. The predicted octanol–water partition coefficient (Wildman–Crippen LogP) is 4.65. The van der Waals surface area contributed by atoms with E-state index in [-0.39, 0.29) is 11.8 Å². The van der Waals surface area contributed by atoms with Crippen LogP contribution in [0.15, 0.2) is 41.5 Å². The molecule has 0 spiro atoms. The maximum absolute atomic E-state index is 12.7. The number of halogens is 2. The summed E-state index contributed by atoms with van der Waals surface area (Å²) in [6.07, 6.45) is 1.99. The van der Waals surface area contributed by atoms with Crippen molar-refractivity contribution in [2.75, 3.05) is 13.7 Å². The van der Waals surface area contributed by atoms with E-state index in [9.17, 15) is 9.59 Å². The molecule has 0 aliphatic carbocycles. The van der Waals surface area contributed by atoms with E-state index < -0.39 is 11.9 Å². The van der Waals surface area contributed by atoms with Crippen molar-refractivity contribution in [2.24, 2.45) is 11.0 Å². The van der Waals surface area contributed by atoms with Crippen LogP contribution in [0.3, 0.4) is 0 Å². The van der Waals surface area contributed by atoms with Crippen LogP contribution in [0.5, 0.6) is 11.5 Å². The molecule has 0 fully saturated rings. The van der Waals surface area contributed by atoms with Crippen LogP contribution in [0, 0.1) is 9.49 Å². The Labute approximate surface area is 207 Å². The summed E-state index contributed by atoms with van der Waals surface area (Å²) < 4.78 is 11.9. The van der Waals surface area contributed by atoms with Crippen LogP contribution in [-0.4, -0.2) is 37.8 Å². The number of rotatable bonds is 10. The summed E-state index contributed by atoms with van der Waals surface area (Å²) in [5.74, 6) is 0.692. The molecule has 1 atom stereocenters. The second-order valence-corrected chi connectivity index (χ2v) is 8.96. The van der Waals surface area contributed by atoms with Gasteiger partial charge in [0.2, 0.25) is 0 Å². The van der Waals surface area contributed by atoms with Gasteiger partial charge < -0.3 is 14.8 Å². The van der Waals surface area contributed by atoms with E-state index in [1.807, 2.05) is 26.8 Å². The first-order valence-electron chi connectivity index (χ1n) is 10.1. The van der Waals surface area contributed by atoms with Crippen molar-refractivity contribution in [1.29, 1.82) is 0 Å². The molecule has 172 valence electrons. The van der Waals surface area contributed by atoms with E-state index in [1.165, 1.54) is 6.21 Å². The van der Waals surface area contributed by atoms with Gasteiger partial charge in [0.05, 0.1) is 23.5 Å². The van der Waals surface area contributed by atoms with E-state index >= 15 is 0 Å². The second-order valence-electron chi connectivity index (χ2n) is 7.36. The largest absolute Gasteiger partial charge is 0.493 e. The van der Waals surface area contributed by atoms with Crippen LogP contribution in [0.2, 0.25) is 5.02 Å². The lowest BCUT2D eigenvalue weighted by molar-refractivity contribution is -0.123. The van der Waals surface area contributed by atoms with Crippen molar-refractivity contribution in [3.63, 3.8) is 0 Å². The Kier molecular flexibility index (Phi) is 10.2. The Balaban J connectivity index is 2.09. The van der Waals surface area contributed by atoms with Gasteiger partial charge in [-0.1, -0.05) is 25.4 Å². The lowest BCUT2D eigenvalue weighted by Gasteiger charge is -2.19. The second kappa shape index (κ2) is 12.6. The van der Waals surface area contributed by atoms with Crippen LogP contribution in [0.4, 0.5) is 0 Å². The fraction of sp³-hybridized carbons (Fsp3) is 0.348. The monoisotopic (exact) mass is 571 g/mol. The standard InChI is InChI=1S/C23H27ClIN3O4/c1-5-32-21-18(25)11-15(12-20(21)31-4)13-26-28-23(30)19(10-14(2)3)27-22(29)16-6-8-17(24)9-7-16/h6-9,11-14,19H,5,10H2,1-4H3,(H,27,29)(H,28,30). The van der Waals surface area contributed by atoms with Gasteiger partial charge in [0, 0.05) is 10.6 Å². The van der Waals surface area contributed by atoms with Crippen LogP contribution in [0.25, 0.3) is 0 Å². The minimum Gasteiger partial charge on any atom is -0.493 e. The molecule has 2 rings (SSSR count). The fourth-order valence-corrected chi connectivity index (χ4v) is 3.80. The number of benzene rings is 2. The number of methoxy groups -OCH3 is 1. The fourth-order valence-electron chi connectivity index (χ4n) is 2.89. The normalized spacial score (nSPS) is 12.0. The molecule has 0 saturated heterocycles. The van der Waals surface area contributed by atoms with Crippen molar-refractivity contribution >= 4 is 52.2 Å². The number of amides is 2. The van der Waals surface area contributed by atoms with Gasteiger partial charge in [-0.2, -0.15) is 5.10 Å². The Hall–Kier alpha value is -2.33. The molecule has 2 N–H and O–H groups in total. The third-order valence-corrected chi connectivity index (χ3v) is 5.42. The molecule has 1 unspecified atom stereocenters. The number of carbonyl (C=O) groups is 2. The van der Waals surface area contributed by atoms with Crippen LogP contribution < -0.4 is 20.2 Å². The molecule has 2 amide bonds. The number of hydrogen-bond donors (Lipinski definition) is 2. The molecule has 32 heavy (non-hydrogen) atoms. The zero-order valence-corrected chi connectivity index (χ0v) is 21.4. The third-order valence-electron chi connectivity index (χ3n) is 4.36. The average Bonchev–Trinajstić information content (AvgIpc) is 2.75. The minimum atomic E-state index is -0.731. The van der Waals surface area contributed by atoms with Gasteiger partial charge >= 0.3 is 0 Å². The molecule has 0 radical (unpaired) electrons. The molecule has 2 aromatic rings. The van der Waals surface area contributed by atoms with Gasteiger partial charge in [-0.15, -0.1) is 0 Å². The summed E-state index contributed by atoms with van der Waals surface area (Å²) >= 11 is 8.03. The van der Waals surface area contributed by atoms with Gasteiger partial charge in [-0.3, -0.25) is 9.59 Å². The number of nitrogens with one attached hydrogen (secondary N) is 2. The average molecular weight is 572 g/mol. The molecular weight excluding hydrogens is 545 g/mol. The van der Waals surface area contributed by atoms with Crippen LogP contribution in [0.1, 0.15) is 43.1 Å². The van der Waals surface area contributed by atoms with Crippen LogP contribution >= 0.6 is 34.2 Å². The Morgan fingerprint density at radius 3 is 2.50 bits per heavy atom. The van der Waals surface area contributed by atoms with Crippen molar-refractivity contribution in [3.8, 4) is 11.5 Å². The van der Waals surface area contributed by atoms with E-state index in [4.69, 9.17) is 21.1 Å². The van der Waals surface area contributed by atoms with E-state index in [0.29, 0.717) is 35.1 Å². The number of hydrazone groups is 1. The quantitative estimate of drug-likeness (QED) is 0.247. The molecule has 0 aliphatic rings. The van der Waals surface area contributed by atoms with Gasteiger partial charge in [0.1, 0.15) is 6.04 Å². The summed E-state index contributed by atoms with van der Waals surface area (Å²) in [7, 11) is 1.57. The lowest BCUT2D eigenvalue weighted by atomic mass is 10.0. The molecule has 9 heteroatoms. The maximum atomic E-state index is 12.7. The summed E-state index contributed by atoms with van der Waals surface area (Å²) in [4.78, 5) is 25.3. The van der Waals surface area contributed by atoms with Gasteiger partial charge in [0.15, 0.2) is 11.5 Å². The number of nitrogens with zero attached hydrogens (tertiary/aromatic N) is 1. The van der Waals surface area contributed by atoms with E-state index in [0.717, 1.165) is 9.13 Å². The number of hydrogen-bond acceptors (Lipinski definition) is 5. The van der Waals surface area contributed by atoms with E-state index in [1.54, 1.807) is 37.4 Å². The molecule has 0 aromatic heterocycles. The summed E-state index contributed by atoms with van der Waals surface area (Å²) in [5.41, 5.74) is 3.68. The summed E-state index contributed by atoms with van der Waals surface area (Å²) in [6, 6.07) is 9.40. The van der Waals surface area contributed by atoms with Gasteiger partial charge in [0.25, 0.3) is 11.8 Å². The van der Waals surface area contributed by atoms with Gasteiger partial charge in [-0.05, 0) is 83.8 Å². The van der Waals surface area contributed by atoms with Crippen molar-refractivity contribution in [2.45, 2.75) is 33.2 Å². The molecule has 2 aromatic carbocycles.